The predicted molar refractivity (Wildman–Crippen MR) is 97.3 cm³/mol. The van der Waals surface area contributed by atoms with Crippen LogP contribution < -0.4 is 5.32 Å². The van der Waals surface area contributed by atoms with Crippen molar-refractivity contribution in [1.29, 1.82) is 0 Å². The fraction of sp³-hybridized carbons (Fsp3) is 0.471. The van der Waals surface area contributed by atoms with Gasteiger partial charge in [-0.3, -0.25) is 0 Å². The molecule has 0 spiro atoms. The molecule has 0 aliphatic carbocycles. The molecular formula is C17H22ClN3O3S. The van der Waals surface area contributed by atoms with Gasteiger partial charge in [-0.05, 0) is 37.4 Å². The monoisotopic (exact) mass is 383 g/mol. The van der Waals surface area contributed by atoms with Gasteiger partial charge < -0.3 is 9.73 Å². The van der Waals surface area contributed by atoms with E-state index in [-0.39, 0.29) is 18.4 Å². The Balaban J connectivity index is 0.00000182. The Morgan fingerprint density at radius 1 is 1.28 bits per heavy atom. The summed E-state index contributed by atoms with van der Waals surface area (Å²) < 4.78 is 33.7. The van der Waals surface area contributed by atoms with Crippen molar-refractivity contribution in [3.8, 4) is 11.3 Å². The smallest absolute Gasteiger partial charge is 0.243 e. The number of hydrogen-bond donors (Lipinski definition) is 1. The number of oxazole rings is 1. The Hall–Kier alpha value is -1.41. The van der Waals surface area contributed by atoms with E-state index in [0.717, 1.165) is 30.6 Å². The fourth-order valence-corrected chi connectivity index (χ4v) is 5.71. The number of halogens is 1. The van der Waals surface area contributed by atoms with E-state index in [1.165, 1.54) is 0 Å². The Morgan fingerprint density at radius 3 is 2.80 bits per heavy atom. The number of aromatic nitrogens is 1. The molecule has 4 rings (SSSR count). The van der Waals surface area contributed by atoms with E-state index >= 15 is 0 Å². The van der Waals surface area contributed by atoms with Crippen molar-refractivity contribution in [2.75, 3.05) is 19.6 Å². The van der Waals surface area contributed by atoms with Crippen LogP contribution in [-0.4, -0.2) is 43.4 Å². The highest BCUT2D eigenvalue weighted by Gasteiger charge is 2.44. The molecule has 0 radical (unpaired) electrons. The molecule has 25 heavy (non-hydrogen) atoms. The number of aryl methyl sites for hydroxylation is 2. The largest absolute Gasteiger partial charge is 0.441 e. The molecule has 2 aliphatic rings. The summed E-state index contributed by atoms with van der Waals surface area (Å²) in [4.78, 5) is 4.46. The van der Waals surface area contributed by atoms with Gasteiger partial charge in [-0.1, -0.05) is 12.1 Å². The topological polar surface area (TPSA) is 75.4 Å². The van der Waals surface area contributed by atoms with Crippen LogP contribution in [0.1, 0.15) is 17.9 Å². The Kier molecular flexibility index (Phi) is 4.94. The average molecular weight is 384 g/mol. The summed E-state index contributed by atoms with van der Waals surface area (Å²) in [7, 11) is -3.52. The molecule has 0 amide bonds. The third-order valence-corrected chi connectivity index (χ3v) is 7.14. The van der Waals surface area contributed by atoms with Gasteiger partial charge in [0.05, 0.1) is 11.1 Å². The molecule has 1 aromatic heterocycles. The van der Waals surface area contributed by atoms with Crippen molar-refractivity contribution < 1.29 is 12.8 Å². The van der Waals surface area contributed by atoms with E-state index in [1.807, 2.05) is 19.1 Å². The summed E-state index contributed by atoms with van der Waals surface area (Å²) in [5, 5.41) is 3.30. The van der Waals surface area contributed by atoms with Crippen molar-refractivity contribution in [3.05, 3.63) is 35.9 Å². The highest BCUT2D eigenvalue weighted by atomic mass is 35.5. The number of benzene rings is 1. The summed E-state index contributed by atoms with van der Waals surface area (Å²) >= 11 is 0. The van der Waals surface area contributed by atoms with Crippen molar-refractivity contribution in [3.63, 3.8) is 0 Å². The standard InChI is InChI=1S/C17H21N3O3S.ClH/c1-11-3-4-13(16-10-19-12(2)23-16)7-17(11)24(21,22)20-6-5-14-8-18-9-15(14)20;/h3-4,7,10,14-15,18H,5-6,8-9H2,1-2H3;1H/t14-,15+;/m0./s1. The van der Waals surface area contributed by atoms with Crippen molar-refractivity contribution in [2.45, 2.75) is 31.2 Å². The lowest BCUT2D eigenvalue weighted by molar-refractivity contribution is 0.382. The lowest BCUT2D eigenvalue weighted by atomic mass is 10.1. The minimum absolute atomic E-state index is 0. The highest BCUT2D eigenvalue weighted by Crippen LogP contribution is 2.34. The van der Waals surface area contributed by atoms with E-state index < -0.39 is 10.0 Å². The van der Waals surface area contributed by atoms with E-state index in [1.54, 1.807) is 23.5 Å². The Bertz CT molecular complexity index is 881. The van der Waals surface area contributed by atoms with Gasteiger partial charge in [0, 0.05) is 31.6 Å². The third-order valence-electron chi connectivity index (χ3n) is 5.07. The molecule has 8 heteroatoms. The zero-order valence-electron chi connectivity index (χ0n) is 14.2. The van der Waals surface area contributed by atoms with E-state index in [9.17, 15) is 8.42 Å². The average Bonchev–Trinajstić information content (AvgIpc) is 3.23. The summed E-state index contributed by atoms with van der Waals surface area (Å²) in [6, 6.07) is 5.49. The molecule has 136 valence electrons. The maximum Gasteiger partial charge on any atom is 0.243 e. The second-order valence-corrected chi connectivity index (χ2v) is 8.47. The van der Waals surface area contributed by atoms with E-state index in [0.29, 0.717) is 29.0 Å². The molecule has 2 atom stereocenters. The Labute approximate surface area is 154 Å². The molecule has 2 aromatic rings. The van der Waals surface area contributed by atoms with Gasteiger partial charge in [-0.15, -0.1) is 12.4 Å². The van der Waals surface area contributed by atoms with Crippen LogP contribution in [0, 0.1) is 19.8 Å². The normalized spacial score (nSPS) is 23.4. The van der Waals surface area contributed by atoms with Gasteiger partial charge in [-0.2, -0.15) is 4.31 Å². The van der Waals surface area contributed by atoms with Crippen LogP contribution in [-0.2, 0) is 10.0 Å². The second-order valence-electron chi connectivity index (χ2n) is 6.61. The molecule has 6 nitrogen and oxygen atoms in total. The quantitative estimate of drug-likeness (QED) is 0.880. The first-order chi connectivity index (χ1) is 11.5. The van der Waals surface area contributed by atoms with Crippen molar-refractivity contribution in [1.82, 2.24) is 14.6 Å². The molecule has 0 saturated carbocycles. The van der Waals surface area contributed by atoms with Gasteiger partial charge >= 0.3 is 0 Å². The predicted octanol–water partition coefficient (Wildman–Crippen LogP) is 2.36. The van der Waals surface area contributed by atoms with Gasteiger partial charge in [0.15, 0.2) is 11.7 Å². The number of nitrogens with one attached hydrogen (secondary N) is 1. The van der Waals surface area contributed by atoms with Gasteiger partial charge in [0.1, 0.15) is 0 Å². The number of sulfonamides is 1. The molecular weight excluding hydrogens is 362 g/mol. The molecule has 1 N–H and O–H groups in total. The van der Waals surface area contributed by atoms with Crippen molar-refractivity contribution >= 4 is 22.4 Å². The maximum absolute atomic E-state index is 13.2. The van der Waals surface area contributed by atoms with Crippen LogP contribution in [0.4, 0.5) is 0 Å². The van der Waals surface area contributed by atoms with Crippen LogP contribution in [0.3, 0.4) is 0 Å². The minimum Gasteiger partial charge on any atom is -0.441 e. The molecule has 0 bridgehead atoms. The molecule has 2 fully saturated rings. The third kappa shape index (κ3) is 3.10. The van der Waals surface area contributed by atoms with E-state index in [4.69, 9.17) is 4.42 Å². The number of rotatable bonds is 3. The van der Waals surface area contributed by atoms with Gasteiger partial charge in [-0.25, -0.2) is 13.4 Å². The van der Waals surface area contributed by atoms with Crippen LogP contribution in [0.5, 0.6) is 0 Å². The van der Waals surface area contributed by atoms with Crippen LogP contribution >= 0.6 is 12.4 Å². The first kappa shape index (κ1) is 18.4. The molecule has 3 heterocycles. The molecule has 2 aliphatic heterocycles. The number of nitrogens with zero attached hydrogens (tertiary/aromatic N) is 2. The number of hydrogen-bond acceptors (Lipinski definition) is 5. The molecule has 1 aromatic carbocycles. The Morgan fingerprint density at radius 2 is 2.08 bits per heavy atom. The summed E-state index contributed by atoms with van der Waals surface area (Å²) in [6.07, 6.45) is 2.56. The van der Waals surface area contributed by atoms with Crippen LogP contribution in [0.25, 0.3) is 11.3 Å². The lowest BCUT2D eigenvalue weighted by Gasteiger charge is -2.24. The second kappa shape index (κ2) is 6.72. The first-order valence-corrected chi connectivity index (χ1v) is 9.67. The first-order valence-electron chi connectivity index (χ1n) is 8.23. The maximum atomic E-state index is 13.2. The fourth-order valence-electron chi connectivity index (χ4n) is 3.76. The zero-order valence-corrected chi connectivity index (χ0v) is 15.9. The number of fused-ring (bicyclic) bond motifs is 1. The zero-order chi connectivity index (χ0) is 16.9. The van der Waals surface area contributed by atoms with Crippen LogP contribution in [0.15, 0.2) is 33.7 Å². The summed E-state index contributed by atoms with van der Waals surface area (Å²) in [5.41, 5.74) is 1.49. The van der Waals surface area contributed by atoms with E-state index in [2.05, 4.69) is 10.3 Å². The molecule has 0 unspecified atom stereocenters. The van der Waals surface area contributed by atoms with Gasteiger partial charge in [0.2, 0.25) is 10.0 Å². The SMILES string of the molecule is Cc1ncc(-c2ccc(C)c(S(=O)(=O)N3CC[C@H]4CNC[C@H]43)c2)o1.Cl. The van der Waals surface area contributed by atoms with Crippen LogP contribution in [0.2, 0.25) is 0 Å². The molecule has 2 saturated heterocycles. The van der Waals surface area contributed by atoms with Crippen molar-refractivity contribution in [2.24, 2.45) is 5.92 Å². The highest BCUT2D eigenvalue weighted by molar-refractivity contribution is 7.89. The van der Waals surface area contributed by atoms with Gasteiger partial charge in [0.25, 0.3) is 0 Å². The lowest BCUT2D eigenvalue weighted by Crippen LogP contribution is -2.39. The summed E-state index contributed by atoms with van der Waals surface area (Å²) in [5.74, 6) is 1.58. The minimum atomic E-state index is -3.52. The summed E-state index contributed by atoms with van der Waals surface area (Å²) in [6.45, 7) is 5.86.